The third-order valence-electron chi connectivity index (χ3n) is 4.38. The summed E-state index contributed by atoms with van der Waals surface area (Å²) in [5.74, 6) is 1.89. The number of aromatic nitrogens is 4. The van der Waals surface area contributed by atoms with Crippen LogP contribution in [0.2, 0.25) is 0 Å². The molecule has 4 aromatic rings. The van der Waals surface area contributed by atoms with Gasteiger partial charge in [0.1, 0.15) is 11.6 Å². The van der Waals surface area contributed by atoms with Crippen molar-refractivity contribution in [2.45, 2.75) is 20.0 Å². The monoisotopic (exact) mass is 547 g/mol. The molecule has 1 aromatic carbocycles. The van der Waals surface area contributed by atoms with Crippen LogP contribution in [0.3, 0.4) is 0 Å². The Kier molecular flexibility index (Phi) is 8.31. The first-order chi connectivity index (χ1) is 15.2. The van der Waals surface area contributed by atoms with Crippen molar-refractivity contribution < 1.29 is 9.13 Å². The topological polar surface area (TPSA) is 88.7 Å². The number of hydrogen-bond acceptors (Lipinski definition) is 5. The molecule has 0 saturated heterocycles. The van der Waals surface area contributed by atoms with Crippen LogP contribution in [0.25, 0.3) is 5.65 Å². The lowest BCUT2D eigenvalue weighted by Crippen LogP contribution is -2.37. The Morgan fingerprint density at radius 1 is 1.09 bits per heavy atom. The maximum atomic E-state index is 13.3. The van der Waals surface area contributed by atoms with Gasteiger partial charge in [0.15, 0.2) is 17.4 Å². The SMILES string of the molecule is CCNC(=NCc1ccc(Oc2cccc(F)c2)nc1)NCc1nnc2ccccn12.I. The molecule has 32 heavy (non-hydrogen) atoms. The van der Waals surface area contributed by atoms with Crippen molar-refractivity contribution in [2.75, 3.05) is 6.54 Å². The van der Waals surface area contributed by atoms with Gasteiger partial charge >= 0.3 is 0 Å². The average Bonchev–Trinajstić information content (AvgIpc) is 3.20. The van der Waals surface area contributed by atoms with Crippen LogP contribution in [0.5, 0.6) is 11.6 Å². The van der Waals surface area contributed by atoms with Gasteiger partial charge in [0.25, 0.3) is 0 Å². The Labute approximate surface area is 202 Å². The van der Waals surface area contributed by atoms with Gasteiger partial charge in [-0.25, -0.2) is 14.4 Å². The molecular weight excluding hydrogens is 524 g/mol. The number of rotatable bonds is 7. The molecule has 0 aliphatic rings. The maximum Gasteiger partial charge on any atom is 0.219 e. The summed E-state index contributed by atoms with van der Waals surface area (Å²) in [5.41, 5.74) is 1.71. The summed E-state index contributed by atoms with van der Waals surface area (Å²) in [4.78, 5) is 8.87. The summed E-state index contributed by atoms with van der Waals surface area (Å²) in [7, 11) is 0. The Bertz CT molecular complexity index is 1180. The van der Waals surface area contributed by atoms with Crippen molar-refractivity contribution in [3.8, 4) is 11.6 Å². The second kappa shape index (κ2) is 11.4. The van der Waals surface area contributed by atoms with Crippen LogP contribution in [0.1, 0.15) is 18.3 Å². The van der Waals surface area contributed by atoms with Crippen LogP contribution in [0, 0.1) is 5.82 Å². The highest BCUT2D eigenvalue weighted by molar-refractivity contribution is 14.0. The largest absolute Gasteiger partial charge is 0.439 e. The Balaban J connectivity index is 0.00000289. The molecular formula is C22H23FIN7O. The Hall–Kier alpha value is -3.28. The van der Waals surface area contributed by atoms with Crippen molar-refractivity contribution >= 4 is 35.6 Å². The molecule has 8 nitrogen and oxygen atoms in total. The van der Waals surface area contributed by atoms with E-state index in [2.05, 4.69) is 30.8 Å². The number of fused-ring (bicyclic) bond motifs is 1. The van der Waals surface area contributed by atoms with Gasteiger partial charge in [0, 0.05) is 31.1 Å². The lowest BCUT2D eigenvalue weighted by atomic mass is 10.3. The summed E-state index contributed by atoms with van der Waals surface area (Å²) in [6, 6.07) is 15.3. The second-order valence-corrected chi connectivity index (χ2v) is 6.66. The number of nitrogens with one attached hydrogen (secondary N) is 2. The summed E-state index contributed by atoms with van der Waals surface area (Å²) >= 11 is 0. The number of guanidine groups is 1. The van der Waals surface area contributed by atoms with E-state index in [1.54, 1.807) is 24.4 Å². The van der Waals surface area contributed by atoms with Crippen LogP contribution in [0.15, 0.2) is 72.0 Å². The molecule has 0 radical (unpaired) electrons. The minimum atomic E-state index is -0.356. The first-order valence-corrected chi connectivity index (χ1v) is 9.90. The molecule has 0 fully saturated rings. The van der Waals surface area contributed by atoms with E-state index in [0.29, 0.717) is 30.7 Å². The first kappa shape index (κ1) is 23.4. The number of benzene rings is 1. The quantitative estimate of drug-likeness (QED) is 0.207. The number of hydrogen-bond donors (Lipinski definition) is 2. The van der Waals surface area contributed by atoms with E-state index < -0.39 is 0 Å². The Morgan fingerprint density at radius 3 is 2.78 bits per heavy atom. The molecule has 0 spiro atoms. The van der Waals surface area contributed by atoms with E-state index in [1.165, 1.54) is 12.1 Å². The highest BCUT2D eigenvalue weighted by Crippen LogP contribution is 2.20. The zero-order chi connectivity index (χ0) is 21.5. The van der Waals surface area contributed by atoms with E-state index in [-0.39, 0.29) is 29.8 Å². The van der Waals surface area contributed by atoms with Crippen LogP contribution in [-0.4, -0.2) is 32.1 Å². The zero-order valence-corrected chi connectivity index (χ0v) is 19.7. The third kappa shape index (κ3) is 6.13. The van der Waals surface area contributed by atoms with Gasteiger partial charge in [-0.1, -0.05) is 18.2 Å². The van der Waals surface area contributed by atoms with E-state index in [1.807, 2.05) is 41.8 Å². The molecule has 0 atom stereocenters. The van der Waals surface area contributed by atoms with Gasteiger partial charge in [0.2, 0.25) is 5.88 Å². The molecule has 2 N–H and O–H groups in total. The number of halogens is 2. The normalized spacial score (nSPS) is 11.1. The van der Waals surface area contributed by atoms with Crippen LogP contribution < -0.4 is 15.4 Å². The fourth-order valence-corrected chi connectivity index (χ4v) is 2.90. The van der Waals surface area contributed by atoms with Gasteiger partial charge in [-0.05, 0) is 36.8 Å². The van der Waals surface area contributed by atoms with E-state index >= 15 is 0 Å². The van der Waals surface area contributed by atoms with Gasteiger partial charge in [-0.3, -0.25) is 4.40 Å². The molecule has 0 unspecified atom stereocenters. The predicted octanol–water partition coefficient (Wildman–Crippen LogP) is 3.93. The average molecular weight is 547 g/mol. The van der Waals surface area contributed by atoms with Crippen LogP contribution in [0.4, 0.5) is 4.39 Å². The highest BCUT2D eigenvalue weighted by atomic mass is 127. The molecule has 3 aromatic heterocycles. The number of aliphatic imine (C=N–C) groups is 1. The highest BCUT2D eigenvalue weighted by Gasteiger charge is 2.06. The molecule has 0 saturated carbocycles. The minimum Gasteiger partial charge on any atom is -0.439 e. The van der Waals surface area contributed by atoms with Crippen LogP contribution in [-0.2, 0) is 13.1 Å². The second-order valence-electron chi connectivity index (χ2n) is 6.66. The smallest absolute Gasteiger partial charge is 0.219 e. The molecule has 4 rings (SSSR count). The van der Waals surface area contributed by atoms with Crippen molar-refractivity contribution in [3.05, 3.63) is 84.2 Å². The molecule has 0 amide bonds. The lowest BCUT2D eigenvalue weighted by molar-refractivity contribution is 0.457. The molecule has 0 bridgehead atoms. The summed E-state index contributed by atoms with van der Waals surface area (Å²) in [5, 5.41) is 14.8. The number of pyridine rings is 2. The van der Waals surface area contributed by atoms with E-state index in [9.17, 15) is 4.39 Å². The fraction of sp³-hybridized carbons (Fsp3) is 0.182. The van der Waals surface area contributed by atoms with E-state index in [4.69, 9.17) is 4.74 Å². The fourth-order valence-electron chi connectivity index (χ4n) is 2.90. The standard InChI is InChI=1S/C22H22FN7O.HI/c1-2-24-22(27-15-20-29-28-19-8-3-4-11-30(19)20)26-14-16-9-10-21(25-13-16)31-18-7-5-6-17(23)12-18;/h3-13H,2,14-15H2,1H3,(H2,24,26,27);1H. The number of ether oxygens (including phenoxy) is 1. The Morgan fingerprint density at radius 2 is 2.00 bits per heavy atom. The van der Waals surface area contributed by atoms with E-state index in [0.717, 1.165) is 23.6 Å². The van der Waals surface area contributed by atoms with Gasteiger partial charge < -0.3 is 15.4 Å². The van der Waals surface area contributed by atoms with Gasteiger partial charge in [0.05, 0.1) is 13.1 Å². The number of nitrogens with zero attached hydrogens (tertiary/aromatic N) is 5. The predicted molar refractivity (Wildman–Crippen MR) is 131 cm³/mol. The maximum absolute atomic E-state index is 13.3. The van der Waals surface area contributed by atoms with Crippen molar-refractivity contribution in [1.29, 1.82) is 0 Å². The first-order valence-electron chi connectivity index (χ1n) is 9.90. The minimum absolute atomic E-state index is 0. The van der Waals surface area contributed by atoms with Gasteiger partial charge in [-0.15, -0.1) is 34.2 Å². The summed E-state index contributed by atoms with van der Waals surface area (Å²) in [6.45, 7) is 3.65. The summed E-state index contributed by atoms with van der Waals surface area (Å²) in [6.07, 6.45) is 3.61. The van der Waals surface area contributed by atoms with Crippen molar-refractivity contribution in [3.63, 3.8) is 0 Å². The van der Waals surface area contributed by atoms with Crippen LogP contribution >= 0.6 is 24.0 Å². The summed E-state index contributed by atoms with van der Waals surface area (Å²) < 4.78 is 20.8. The third-order valence-corrected chi connectivity index (χ3v) is 4.38. The molecule has 3 heterocycles. The molecule has 0 aliphatic heterocycles. The van der Waals surface area contributed by atoms with Crippen molar-refractivity contribution in [1.82, 2.24) is 30.2 Å². The van der Waals surface area contributed by atoms with Crippen molar-refractivity contribution in [2.24, 2.45) is 4.99 Å². The zero-order valence-electron chi connectivity index (χ0n) is 17.4. The molecule has 0 aliphatic carbocycles. The molecule has 10 heteroatoms. The lowest BCUT2D eigenvalue weighted by Gasteiger charge is -2.10. The van der Waals surface area contributed by atoms with Gasteiger partial charge in [-0.2, -0.15) is 0 Å². The molecule has 166 valence electrons.